The first-order valence-electron chi connectivity index (χ1n) is 9.86. The molecule has 1 aromatic rings. The van der Waals surface area contributed by atoms with Crippen LogP contribution in [0, 0.1) is 0 Å². The smallest absolute Gasteiger partial charge is 0.224 e. The summed E-state index contributed by atoms with van der Waals surface area (Å²) in [5, 5.41) is 3.25. The Kier molecular flexibility index (Phi) is 6.30. The number of allylic oxidation sites excluding steroid dienone is 1. The topological polar surface area (TPSA) is 32.3 Å². The second-order valence-corrected chi connectivity index (χ2v) is 7.91. The number of carbonyl (C=O) groups excluding carboxylic acids is 1. The van der Waals surface area contributed by atoms with E-state index >= 15 is 0 Å². The van der Waals surface area contributed by atoms with Gasteiger partial charge in [-0.05, 0) is 69.1 Å². The van der Waals surface area contributed by atoms with E-state index in [4.69, 9.17) is 0 Å². The zero-order valence-corrected chi connectivity index (χ0v) is 15.8. The number of amides is 1. The molecule has 1 fully saturated rings. The number of hydrogen-bond acceptors (Lipinski definition) is 2. The monoisotopic (exact) mass is 340 g/mol. The van der Waals surface area contributed by atoms with Crippen LogP contribution in [0.4, 0.5) is 0 Å². The van der Waals surface area contributed by atoms with E-state index in [1.54, 1.807) is 0 Å². The molecule has 1 N–H and O–H groups in total. The molecular formula is C22H32N2O. The van der Waals surface area contributed by atoms with Gasteiger partial charge in [0.15, 0.2) is 0 Å². The van der Waals surface area contributed by atoms with Crippen molar-refractivity contribution in [3.63, 3.8) is 0 Å². The average molecular weight is 341 g/mol. The lowest BCUT2D eigenvalue weighted by Gasteiger charge is -2.31. The van der Waals surface area contributed by atoms with Crippen LogP contribution in [0.5, 0.6) is 0 Å². The lowest BCUT2D eigenvalue weighted by atomic mass is 9.90. The maximum atomic E-state index is 12.4. The van der Waals surface area contributed by atoms with Crippen molar-refractivity contribution >= 4 is 5.91 Å². The van der Waals surface area contributed by atoms with Crippen molar-refractivity contribution in [1.82, 2.24) is 10.2 Å². The molecule has 1 saturated heterocycles. The van der Waals surface area contributed by atoms with Crippen molar-refractivity contribution in [3.8, 4) is 0 Å². The lowest BCUT2D eigenvalue weighted by molar-refractivity contribution is -0.121. The summed E-state index contributed by atoms with van der Waals surface area (Å²) in [6, 6.07) is 6.98. The number of carbonyl (C=O) groups is 1. The predicted molar refractivity (Wildman–Crippen MR) is 104 cm³/mol. The molecular weight excluding hydrogens is 308 g/mol. The maximum absolute atomic E-state index is 12.4. The first kappa shape index (κ1) is 18.2. The van der Waals surface area contributed by atoms with Crippen molar-refractivity contribution in [2.24, 2.45) is 0 Å². The number of likely N-dealkylation sites (tertiary alicyclic amines) is 1. The molecule has 136 valence electrons. The molecule has 1 aromatic carbocycles. The molecule has 0 saturated carbocycles. The fourth-order valence-corrected chi connectivity index (χ4v) is 3.93. The fourth-order valence-electron chi connectivity index (χ4n) is 3.93. The minimum absolute atomic E-state index is 0.179. The van der Waals surface area contributed by atoms with E-state index in [2.05, 4.69) is 48.3 Å². The van der Waals surface area contributed by atoms with Crippen LogP contribution < -0.4 is 5.32 Å². The quantitative estimate of drug-likeness (QED) is 0.830. The van der Waals surface area contributed by atoms with Crippen LogP contribution in [0.3, 0.4) is 0 Å². The van der Waals surface area contributed by atoms with Gasteiger partial charge in [-0.3, -0.25) is 9.69 Å². The van der Waals surface area contributed by atoms with Gasteiger partial charge >= 0.3 is 0 Å². The van der Waals surface area contributed by atoms with E-state index < -0.39 is 0 Å². The summed E-state index contributed by atoms with van der Waals surface area (Å²) < 4.78 is 0. The highest BCUT2D eigenvalue weighted by atomic mass is 16.1. The molecule has 0 atom stereocenters. The number of hydrogen-bond donors (Lipinski definition) is 1. The van der Waals surface area contributed by atoms with Crippen molar-refractivity contribution in [1.29, 1.82) is 0 Å². The summed E-state index contributed by atoms with van der Waals surface area (Å²) in [5.74, 6) is 0.179. The highest BCUT2D eigenvalue weighted by molar-refractivity contribution is 5.79. The summed E-state index contributed by atoms with van der Waals surface area (Å²) in [7, 11) is 0. The Bertz CT molecular complexity index is 623. The molecule has 2 aliphatic rings. The van der Waals surface area contributed by atoms with Gasteiger partial charge in [-0.25, -0.2) is 0 Å². The van der Waals surface area contributed by atoms with Gasteiger partial charge < -0.3 is 5.32 Å². The van der Waals surface area contributed by atoms with E-state index in [1.807, 2.05) is 0 Å². The van der Waals surface area contributed by atoms with Gasteiger partial charge in [-0.15, -0.1) is 0 Å². The Morgan fingerprint density at radius 1 is 1.16 bits per heavy atom. The maximum Gasteiger partial charge on any atom is 0.224 e. The van der Waals surface area contributed by atoms with Crippen LogP contribution in [0.15, 0.2) is 29.8 Å². The van der Waals surface area contributed by atoms with E-state index in [1.165, 1.54) is 47.9 Å². The highest BCUT2D eigenvalue weighted by Gasteiger charge is 2.20. The molecule has 25 heavy (non-hydrogen) atoms. The molecule has 1 heterocycles. The number of rotatable bonds is 5. The molecule has 1 aliphatic heterocycles. The summed E-state index contributed by atoms with van der Waals surface area (Å²) in [6.07, 6.45) is 9.90. The van der Waals surface area contributed by atoms with Crippen LogP contribution in [-0.4, -0.2) is 36.5 Å². The van der Waals surface area contributed by atoms with Crippen molar-refractivity contribution in [2.75, 3.05) is 19.6 Å². The molecule has 0 radical (unpaired) electrons. The molecule has 0 bridgehead atoms. The summed E-state index contributed by atoms with van der Waals surface area (Å²) >= 11 is 0. The predicted octanol–water partition coefficient (Wildman–Crippen LogP) is 3.65. The van der Waals surface area contributed by atoms with Gasteiger partial charge in [0.05, 0.1) is 6.42 Å². The van der Waals surface area contributed by atoms with Gasteiger partial charge in [0.25, 0.3) is 0 Å². The third-order valence-corrected chi connectivity index (χ3v) is 5.49. The Hall–Kier alpha value is -1.61. The lowest BCUT2D eigenvalue weighted by Crippen LogP contribution is -2.45. The van der Waals surface area contributed by atoms with Crippen molar-refractivity contribution < 1.29 is 4.79 Å². The van der Waals surface area contributed by atoms with Crippen LogP contribution in [0.1, 0.15) is 56.2 Å². The Morgan fingerprint density at radius 3 is 2.60 bits per heavy atom. The number of nitrogens with zero attached hydrogens (tertiary/aromatic N) is 1. The molecule has 0 spiro atoms. The normalized spacial score (nSPS) is 18.5. The van der Waals surface area contributed by atoms with Gasteiger partial charge in [0, 0.05) is 25.7 Å². The van der Waals surface area contributed by atoms with Gasteiger partial charge in [-0.2, -0.15) is 0 Å². The standard InChI is InChI=1S/C22H32N2O/c1-17(2)9-12-24-13-10-21(11-14-24)23-22(25)16-18-7-8-19-5-3-4-6-20(19)15-18/h7-9,15,21H,3-6,10-14,16H2,1-2H3,(H,23,25). The Morgan fingerprint density at radius 2 is 1.88 bits per heavy atom. The van der Waals surface area contributed by atoms with Gasteiger partial charge in [0.1, 0.15) is 0 Å². The first-order valence-corrected chi connectivity index (χ1v) is 9.86. The second kappa shape index (κ2) is 8.66. The summed E-state index contributed by atoms with van der Waals surface area (Å²) in [5.41, 5.74) is 5.49. The minimum Gasteiger partial charge on any atom is -0.353 e. The zero-order chi connectivity index (χ0) is 17.6. The third-order valence-electron chi connectivity index (χ3n) is 5.49. The first-order chi connectivity index (χ1) is 12.1. The van der Waals surface area contributed by atoms with Crippen LogP contribution in [0.2, 0.25) is 0 Å². The van der Waals surface area contributed by atoms with Gasteiger partial charge in [-0.1, -0.05) is 29.8 Å². The number of benzene rings is 1. The number of piperidine rings is 1. The number of nitrogens with one attached hydrogen (secondary N) is 1. The van der Waals surface area contributed by atoms with Gasteiger partial charge in [0.2, 0.25) is 5.91 Å². The van der Waals surface area contributed by atoms with Crippen molar-refractivity contribution in [2.45, 2.75) is 64.8 Å². The van der Waals surface area contributed by atoms with Crippen LogP contribution in [0.25, 0.3) is 0 Å². The fraction of sp³-hybridized carbons (Fsp3) is 0.591. The second-order valence-electron chi connectivity index (χ2n) is 7.91. The molecule has 1 aliphatic carbocycles. The molecule has 1 amide bonds. The Balaban J connectivity index is 1.45. The van der Waals surface area contributed by atoms with Crippen molar-refractivity contribution in [3.05, 3.63) is 46.5 Å². The van der Waals surface area contributed by atoms with Crippen LogP contribution in [-0.2, 0) is 24.1 Å². The average Bonchev–Trinajstić information content (AvgIpc) is 2.61. The van der Waals surface area contributed by atoms with E-state index in [9.17, 15) is 4.79 Å². The van der Waals surface area contributed by atoms with E-state index in [0.717, 1.165) is 32.5 Å². The summed E-state index contributed by atoms with van der Waals surface area (Å²) in [6.45, 7) is 7.49. The zero-order valence-electron chi connectivity index (χ0n) is 15.8. The minimum atomic E-state index is 0.179. The third kappa shape index (κ3) is 5.43. The molecule has 3 heteroatoms. The van der Waals surface area contributed by atoms with Crippen LogP contribution >= 0.6 is 0 Å². The Labute approximate surface area is 152 Å². The largest absolute Gasteiger partial charge is 0.353 e. The molecule has 3 nitrogen and oxygen atoms in total. The van der Waals surface area contributed by atoms with E-state index in [0.29, 0.717) is 12.5 Å². The molecule has 0 aromatic heterocycles. The highest BCUT2D eigenvalue weighted by Crippen LogP contribution is 2.22. The number of aryl methyl sites for hydroxylation is 2. The molecule has 0 unspecified atom stereocenters. The number of fused-ring (bicyclic) bond motifs is 1. The SMILES string of the molecule is CC(C)=CCN1CCC(NC(=O)Cc2ccc3c(c2)CCCC3)CC1. The van der Waals surface area contributed by atoms with E-state index in [-0.39, 0.29) is 5.91 Å². The molecule has 3 rings (SSSR count). The summed E-state index contributed by atoms with van der Waals surface area (Å²) in [4.78, 5) is 14.9.